The van der Waals surface area contributed by atoms with Gasteiger partial charge in [0.25, 0.3) is 0 Å². The van der Waals surface area contributed by atoms with Gasteiger partial charge in [0, 0.05) is 17.9 Å². The van der Waals surface area contributed by atoms with E-state index in [9.17, 15) is 4.79 Å². The minimum Gasteiger partial charge on any atom is -0.326 e. The monoisotopic (exact) mass is 283 g/mol. The van der Waals surface area contributed by atoms with E-state index in [0.29, 0.717) is 6.42 Å². The van der Waals surface area contributed by atoms with E-state index in [0.717, 1.165) is 17.9 Å². The lowest BCUT2D eigenvalue weighted by atomic mass is 10.1. The van der Waals surface area contributed by atoms with Crippen LogP contribution in [0.2, 0.25) is 0 Å². The molecule has 0 saturated carbocycles. The van der Waals surface area contributed by atoms with Crippen molar-refractivity contribution in [2.45, 2.75) is 12.8 Å². The molecule has 1 aliphatic carbocycles. The fourth-order valence-corrected chi connectivity index (χ4v) is 3.03. The van der Waals surface area contributed by atoms with Gasteiger partial charge in [-0.15, -0.1) is 0 Å². The standard InChI is InChI=1S/C17H17NOS/c1-20-9-8-17(19)18-14-6-7-16-13(11-14)10-12-4-2-3-5-15(12)16/h2-7,11H,8-10H2,1H3,(H,18,19). The Balaban J connectivity index is 1.79. The molecule has 0 atom stereocenters. The molecule has 3 heteroatoms. The highest BCUT2D eigenvalue weighted by atomic mass is 32.2. The van der Waals surface area contributed by atoms with Crippen molar-refractivity contribution in [3.05, 3.63) is 53.6 Å². The van der Waals surface area contributed by atoms with Crippen LogP contribution >= 0.6 is 11.8 Å². The molecule has 0 aromatic heterocycles. The van der Waals surface area contributed by atoms with Crippen LogP contribution in [0.4, 0.5) is 5.69 Å². The number of amides is 1. The van der Waals surface area contributed by atoms with E-state index in [2.05, 4.69) is 41.7 Å². The molecule has 2 aromatic carbocycles. The number of fused-ring (bicyclic) bond motifs is 3. The van der Waals surface area contributed by atoms with Gasteiger partial charge >= 0.3 is 0 Å². The van der Waals surface area contributed by atoms with Crippen molar-refractivity contribution in [2.75, 3.05) is 17.3 Å². The van der Waals surface area contributed by atoms with Crippen LogP contribution in [-0.2, 0) is 11.2 Å². The number of carbonyl (C=O) groups is 1. The Bertz CT molecular complexity index is 651. The van der Waals surface area contributed by atoms with E-state index in [1.54, 1.807) is 11.8 Å². The Kier molecular flexibility index (Phi) is 3.79. The van der Waals surface area contributed by atoms with Gasteiger partial charge in [0.1, 0.15) is 0 Å². The van der Waals surface area contributed by atoms with Gasteiger partial charge in [-0.1, -0.05) is 30.3 Å². The van der Waals surface area contributed by atoms with Crippen LogP contribution in [0.3, 0.4) is 0 Å². The Morgan fingerprint density at radius 2 is 1.95 bits per heavy atom. The lowest BCUT2D eigenvalue weighted by Gasteiger charge is -2.07. The Morgan fingerprint density at radius 3 is 2.80 bits per heavy atom. The number of benzene rings is 2. The van der Waals surface area contributed by atoms with Crippen LogP contribution in [0.25, 0.3) is 11.1 Å². The third kappa shape index (κ3) is 2.59. The minimum absolute atomic E-state index is 0.0924. The molecule has 2 aromatic rings. The highest BCUT2D eigenvalue weighted by Gasteiger charge is 2.18. The van der Waals surface area contributed by atoms with Crippen molar-refractivity contribution in [3.63, 3.8) is 0 Å². The Hall–Kier alpha value is -1.74. The Labute approximate surface area is 123 Å². The average Bonchev–Trinajstić information content (AvgIpc) is 2.82. The number of carbonyl (C=O) groups excluding carboxylic acids is 1. The van der Waals surface area contributed by atoms with Gasteiger partial charge in [-0.05, 0) is 47.1 Å². The second kappa shape index (κ2) is 5.71. The summed E-state index contributed by atoms with van der Waals surface area (Å²) in [4.78, 5) is 11.8. The molecule has 2 nitrogen and oxygen atoms in total. The SMILES string of the molecule is CSCCC(=O)Nc1ccc2c(c1)Cc1ccccc1-2. The molecule has 1 N–H and O–H groups in total. The van der Waals surface area contributed by atoms with Crippen molar-refractivity contribution in [2.24, 2.45) is 0 Å². The van der Waals surface area contributed by atoms with Crippen molar-refractivity contribution < 1.29 is 4.79 Å². The van der Waals surface area contributed by atoms with Gasteiger partial charge in [0.15, 0.2) is 0 Å². The fourth-order valence-electron chi connectivity index (χ4n) is 2.64. The highest BCUT2D eigenvalue weighted by molar-refractivity contribution is 7.98. The number of hydrogen-bond donors (Lipinski definition) is 1. The molecule has 0 bridgehead atoms. The smallest absolute Gasteiger partial charge is 0.225 e. The molecule has 0 fully saturated rings. The van der Waals surface area contributed by atoms with Crippen LogP contribution in [0.5, 0.6) is 0 Å². The predicted octanol–water partition coefficient (Wildman–Crippen LogP) is 3.95. The fraction of sp³-hybridized carbons (Fsp3) is 0.235. The third-order valence-corrected chi connectivity index (χ3v) is 4.22. The van der Waals surface area contributed by atoms with Gasteiger partial charge in [-0.3, -0.25) is 4.79 Å². The molecule has 0 saturated heterocycles. The molecular formula is C17H17NOS. The molecule has 0 spiro atoms. The molecule has 20 heavy (non-hydrogen) atoms. The topological polar surface area (TPSA) is 29.1 Å². The summed E-state index contributed by atoms with van der Waals surface area (Å²) in [5.74, 6) is 0.956. The van der Waals surface area contributed by atoms with E-state index in [1.165, 1.54) is 22.3 Å². The number of anilines is 1. The first-order valence-corrected chi connectivity index (χ1v) is 8.17. The quantitative estimate of drug-likeness (QED) is 0.785. The molecule has 1 amide bonds. The van der Waals surface area contributed by atoms with Crippen molar-refractivity contribution in [1.29, 1.82) is 0 Å². The van der Waals surface area contributed by atoms with Gasteiger partial charge in [-0.2, -0.15) is 11.8 Å². The van der Waals surface area contributed by atoms with Crippen molar-refractivity contribution in [3.8, 4) is 11.1 Å². The van der Waals surface area contributed by atoms with Crippen LogP contribution in [0, 0.1) is 0 Å². The van der Waals surface area contributed by atoms with Gasteiger partial charge in [0.2, 0.25) is 5.91 Å². The highest BCUT2D eigenvalue weighted by Crippen LogP contribution is 2.37. The van der Waals surface area contributed by atoms with E-state index >= 15 is 0 Å². The summed E-state index contributed by atoms with van der Waals surface area (Å²) in [6.07, 6.45) is 3.54. The zero-order valence-electron chi connectivity index (χ0n) is 11.5. The summed E-state index contributed by atoms with van der Waals surface area (Å²) in [6.45, 7) is 0. The second-order valence-electron chi connectivity index (χ2n) is 5.00. The summed E-state index contributed by atoms with van der Waals surface area (Å²) < 4.78 is 0. The van der Waals surface area contributed by atoms with Gasteiger partial charge in [-0.25, -0.2) is 0 Å². The van der Waals surface area contributed by atoms with E-state index in [-0.39, 0.29) is 5.91 Å². The third-order valence-electron chi connectivity index (χ3n) is 3.61. The summed E-state index contributed by atoms with van der Waals surface area (Å²) in [5.41, 5.74) is 6.19. The number of thioether (sulfide) groups is 1. The maximum absolute atomic E-state index is 11.8. The van der Waals surface area contributed by atoms with Crippen LogP contribution in [-0.4, -0.2) is 17.9 Å². The maximum atomic E-state index is 11.8. The molecule has 0 aliphatic heterocycles. The zero-order chi connectivity index (χ0) is 13.9. The minimum atomic E-state index is 0.0924. The second-order valence-corrected chi connectivity index (χ2v) is 5.98. The average molecular weight is 283 g/mol. The van der Waals surface area contributed by atoms with Crippen molar-refractivity contribution >= 4 is 23.4 Å². The first kappa shape index (κ1) is 13.3. The lowest BCUT2D eigenvalue weighted by Crippen LogP contribution is -2.12. The first-order chi connectivity index (χ1) is 9.78. The van der Waals surface area contributed by atoms with Gasteiger partial charge in [0.05, 0.1) is 0 Å². The summed E-state index contributed by atoms with van der Waals surface area (Å²) in [5, 5.41) is 2.98. The molecule has 0 radical (unpaired) electrons. The largest absolute Gasteiger partial charge is 0.326 e. The molecule has 1 aliphatic rings. The molecule has 0 unspecified atom stereocenters. The van der Waals surface area contributed by atoms with E-state index in [1.807, 2.05) is 12.3 Å². The van der Waals surface area contributed by atoms with Crippen LogP contribution in [0.1, 0.15) is 17.5 Å². The van der Waals surface area contributed by atoms with Gasteiger partial charge < -0.3 is 5.32 Å². The number of hydrogen-bond acceptors (Lipinski definition) is 2. The van der Waals surface area contributed by atoms with Crippen LogP contribution < -0.4 is 5.32 Å². The predicted molar refractivity (Wildman–Crippen MR) is 86.3 cm³/mol. The zero-order valence-corrected chi connectivity index (χ0v) is 12.3. The first-order valence-electron chi connectivity index (χ1n) is 6.78. The maximum Gasteiger partial charge on any atom is 0.225 e. The molecular weight excluding hydrogens is 266 g/mol. The summed E-state index contributed by atoms with van der Waals surface area (Å²) in [7, 11) is 0. The van der Waals surface area contributed by atoms with E-state index in [4.69, 9.17) is 0 Å². The molecule has 3 rings (SSSR count). The number of rotatable bonds is 4. The lowest BCUT2D eigenvalue weighted by molar-refractivity contribution is -0.115. The Morgan fingerprint density at radius 1 is 1.15 bits per heavy atom. The summed E-state index contributed by atoms with van der Waals surface area (Å²) >= 11 is 1.69. The van der Waals surface area contributed by atoms with E-state index < -0.39 is 0 Å². The number of nitrogens with one attached hydrogen (secondary N) is 1. The molecule has 102 valence electrons. The van der Waals surface area contributed by atoms with Crippen molar-refractivity contribution in [1.82, 2.24) is 0 Å². The molecule has 0 heterocycles. The normalized spacial score (nSPS) is 11.8. The van der Waals surface area contributed by atoms with Crippen LogP contribution in [0.15, 0.2) is 42.5 Å². The summed E-state index contributed by atoms with van der Waals surface area (Å²) in [6, 6.07) is 14.7.